The third-order valence-electron chi connectivity index (χ3n) is 2.93. The van der Waals surface area contributed by atoms with Gasteiger partial charge in [0.15, 0.2) is 0 Å². The Kier molecular flexibility index (Phi) is 8.12. The summed E-state index contributed by atoms with van der Waals surface area (Å²) in [5.74, 6) is -0.335. The molecule has 0 saturated carbocycles. The fourth-order valence-corrected chi connectivity index (χ4v) is 1.89. The van der Waals surface area contributed by atoms with E-state index < -0.39 is 6.04 Å². The lowest BCUT2D eigenvalue weighted by Crippen LogP contribution is -2.34. The Morgan fingerprint density at radius 1 is 1.14 bits per heavy atom. The van der Waals surface area contributed by atoms with E-state index in [-0.39, 0.29) is 11.9 Å². The van der Waals surface area contributed by atoms with Crippen LogP contribution in [0.4, 0.5) is 0 Å². The molecule has 1 aromatic carbocycles. The number of esters is 1. The summed E-state index contributed by atoms with van der Waals surface area (Å²) in [6, 6.07) is 8.83. The van der Waals surface area contributed by atoms with Gasteiger partial charge >= 0.3 is 5.97 Å². The number of carbonyl (C=O) groups excluding carboxylic acids is 2. The summed E-state index contributed by atoms with van der Waals surface area (Å²) < 4.78 is 5.08. The van der Waals surface area contributed by atoms with Crippen molar-refractivity contribution in [3.05, 3.63) is 35.9 Å². The van der Waals surface area contributed by atoms with E-state index in [4.69, 9.17) is 4.74 Å². The number of nitrogens with one attached hydrogen (secondary N) is 2. The summed E-state index contributed by atoms with van der Waals surface area (Å²) >= 11 is 0. The van der Waals surface area contributed by atoms with Crippen LogP contribution in [0.2, 0.25) is 0 Å². The molecule has 0 fully saturated rings. The van der Waals surface area contributed by atoms with E-state index in [0.717, 1.165) is 12.0 Å². The minimum atomic E-state index is -0.537. The van der Waals surface area contributed by atoms with Crippen molar-refractivity contribution < 1.29 is 14.3 Å². The van der Waals surface area contributed by atoms with E-state index in [1.54, 1.807) is 6.92 Å². The van der Waals surface area contributed by atoms with E-state index in [2.05, 4.69) is 10.6 Å². The van der Waals surface area contributed by atoms with E-state index in [0.29, 0.717) is 26.1 Å². The third kappa shape index (κ3) is 6.40. The third-order valence-corrected chi connectivity index (χ3v) is 2.93. The minimum Gasteiger partial charge on any atom is -0.465 e. The molecular formula is C16H24N2O3. The Hall–Kier alpha value is -1.88. The van der Waals surface area contributed by atoms with Gasteiger partial charge in [-0.1, -0.05) is 37.3 Å². The molecule has 1 atom stereocenters. The summed E-state index contributed by atoms with van der Waals surface area (Å²) in [7, 11) is 0. The number of carbonyl (C=O) groups is 2. The zero-order valence-electron chi connectivity index (χ0n) is 12.7. The molecule has 2 N–H and O–H groups in total. The maximum absolute atomic E-state index is 12.0. The van der Waals surface area contributed by atoms with Gasteiger partial charge in [-0.15, -0.1) is 0 Å². The van der Waals surface area contributed by atoms with Crippen molar-refractivity contribution in [1.29, 1.82) is 0 Å². The molecule has 0 saturated heterocycles. The second-order valence-electron chi connectivity index (χ2n) is 4.65. The topological polar surface area (TPSA) is 67.4 Å². The zero-order chi connectivity index (χ0) is 15.5. The molecule has 0 heterocycles. The Morgan fingerprint density at radius 2 is 1.86 bits per heavy atom. The van der Waals surface area contributed by atoms with Crippen molar-refractivity contribution in [3.63, 3.8) is 0 Å². The van der Waals surface area contributed by atoms with Crippen molar-refractivity contribution in [1.82, 2.24) is 10.6 Å². The summed E-state index contributed by atoms with van der Waals surface area (Å²) in [6.07, 6.45) is 1.25. The average Bonchev–Trinajstić information content (AvgIpc) is 2.50. The van der Waals surface area contributed by atoms with E-state index in [1.165, 1.54) is 0 Å². The number of rotatable bonds is 9. The highest BCUT2D eigenvalue weighted by Crippen LogP contribution is 2.14. The standard InChI is InChI=1S/C16H24N2O3/c1-3-11-17-14(19)10-12-18-15(16(20)21-4-2)13-8-6-5-7-9-13/h5-9,15,18H,3-4,10-12H2,1-2H3,(H,17,19). The Bertz CT molecular complexity index is 434. The van der Waals surface area contributed by atoms with Crippen molar-refractivity contribution in [2.45, 2.75) is 32.7 Å². The molecule has 5 nitrogen and oxygen atoms in total. The van der Waals surface area contributed by atoms with E-state index in [9.17, 15) is 9.59 Å². The normalized spacial score (nSPS) is 11.7. The van der Waals surface area contributed by atoms with Crippen LogP contribution >= 0.6 is 0 Å². The molecule has 0 aliphatic rings. The molecule has 1 unspecified atom stereocenters. The lowest BCUT2D eigenvalue weighted by Gasteiger charge is -2.17. The van der Waals surface area contributed by atoms with Crippen LogP contribution in [-0.2, 0) is 14.3 Å². The molecule has 1 amide bonds. The van der Waals surface area contributed by atoms with Gasteiger partial charge in [0.2, 0.25) is 5.91 Å². The molecule has 1 aromatic rings. The molecule has 21 heavy (non-hydrogen) atoms. The molecule has 0 spiro atoms. The summed E-state index contributed by atoms with van der Waals surface area (Å²) in [5, 5.41) is 5.90. The maximum atomic E-state index is 12.0. The molecule has 0 aromatic heterocycles. The van der Waals surface area contributed by atoms with Crippen LogP contribution in [-0.4, -0.2) is 31.6 Å². The average molecular weight is 292 g/mol. The number of benzene rings is 1. The second kappa shape index (κ2) is 9.94. The molecule has 1 rings (SSSR count). The van der Waals surface area contributed by atoms with Gasteiger partial charge in [-0.05, 0) is 18.9 Å². The van der Waals surface area contributed by atoms with Crippen molar-refractivity contribution in [3.8, 4) is 0 Å². The molecule has 0 bridgehead atoms. The SMILES string of the molecule is CCCNC(=O)CCNC(C(=O)OCC)c1ccccc1. The highest BCUT2D eigenvalue weighted by Gasteiger charge is 2.21. The van der Waals surface area contributed by atoms with Gasteiger partial charge in [-0.2, -0.15) is 0 Å². The number of amides is 1. The molecular weight excluding hydrogens is 268 g/mol. The van der Waals surface area contributed by atoms with Crippen molar-refractivity contribution in [2.24, 2.45) is 0 Å². The van der Waals surface area contributed by atoms with Crippen LogP contribution in [0, 0.1) is 0 Å². The largest absolute Gasteiger partial charge is 0.465 e. The lowest BCUT2D eigenvalue weighted by molar-refractivity contribution is -0.146. The Balaban J connectivity index is 2.54. The molecule has 5 heteroatoms. The summed E-state index contributed by atoms with van der Waals surface area (Å²) in [4.78, 5) is 23.6. The lowest BCUT2D eigenvalue weighted by atomic mass is 10.1. The Morgan fingerprint density at radius 3 is 2.48 bits per heavy atom. The predicted molar refractivity (Wildman–Crippen MR) is 81.7 cm³/mol. The van der Waals surface area contributed by atoms with Gasteiger partial charge in [0, 0.05) is 19.5 Å². The predicted octanol–water partition coefficient (Wildman–Crippen LogP) is 1.80. The summed E-state index contributed by atoms with van der Waals surface area (Å²) in [6.45, 7) is 5.22. The van der Waals surface area contributed by atoms with Crippen LogP contribution in [0.25, 0.3) is 0 Å². The van der Waals surface area contributed by atoms with Crippen molar-refractivity contribution in [2.75, 3.05) is 19.7 Å². The molecule has 0 aliphatic heterocycles. The fourth-order valence-electron chi connectivity index (χ4n) is 1.89. The monoisotopic (exact) mass is 292 g/mol. The van der Waals surface area contributed by atoms with Crippen molar-refractivity contribution >= 4 is 11.9 Å². The number of hydrogen-bond donors (Lipinski definition) is 2. The number of ether oxygens (including phenoxy) is 1. The quantitative estimate of drug-likeness (QED) is 0.681. The summed E-state index contributed by atoms with van der Waals surface area (Å²) in [5.41, 5.74) is 0.838. The van der Waals surface area contributed by atoms with Gasteiger partial charge in [0.1, 0.15) is 6.04 Å². The van der Waals surface area contributed by atoms with E-state index in [1.807, 2.05) is 37.3 Å². The molecule has 116 valence electrons. The molecule has 0 aliphatic carbocycles. The van der Waals surface area contributed by atoms with Gasteiger partial charge < -0.3 is 15.4 Å². The Labute approximate surface area is 126 Å². The van der Waals surface area contributed by atoms with Crippen LogP contribution in [0.1, 0.15) is 38.3 Å². The highest BCUT2D eigenvalue weighted by atomic mass is 16.5. The first-order chi connectivity index (χ1) is 10.2. The van der Waals surface area contributed by atoms with Gasteiger partial charge in [-0.25, -0.2) is 4.79 Å². The molecule has 0 radical (unpaired) electrons. The maximum Gasteiger partial charge on any atom is 0.327 e. The van der Waals surface area contributed by atoms with Gasteiger partial charge in [0.25, 0.3) is 0 Å². The van der Waals surface area contributed by atoms with Crippen LogP contribution in [0.3, 0.4) is 0 Å². The first-order valence-electron chi connectivity index (χ1n) is 7.40. The van der Waals surface area contributed by atoms with Gasteiger partial charge in [0.05, 0.1) is 6.61 Å². The van der Waals surface area contributed by atoms with Crippen LogP contribution in [0.15, 0.2) is 30.3 Å². The van der Waals surface area contributed by atoms with Gasteiger partial charge in [-0.3, -0.25) is 4.79 Å². The second-order valence-corrected chi connectivity index (χ2v) is 4.65. The fraction of sp³-hybridized carbons (Fsp3) is 0.500. The first kappa shape index (κ1) is 17.2. The number of hydrogen-bond acceptors (Lipinski definition) is 4. The highest BCUT2D eigenvalue weighted by molar-refractivity contribution is 5.78. The van der Waals surface area contributed by atoms with Crippen LogP contribution in [0.5, 0.6) is 0 Å². The van der Waals surface area contributed by atoms with E-state index >= 15 is 0 Å². The zero-order valence-corrected chi connectivity index (χ0v) is 12.7. The minimum absolute atomic E-state index is 0.0139. The van der Waals surface area contributed by atoms with Crippen LogP contribution < -0.4 is 10.6 Å². The smallest absolute Gasteiger partial charge is 0.327 e. The first-order valence-corrected chi connectivity index (χ1v) is 7.40.